The van der Waals surface area contributed by atoms with Crippen LogP contribution in [-0.2, 0) is 14.8 Å². The van der Waals surface area contributed by atoms with Gasteiger partial charge in [-0.1, -0.05) is 66.7 Å². The van der Waals surface area contributed by atoms with Crippen LogP contribution >= 0.6 is 0 Å². The second-order valence-corrected chi connectivity index (χ2v) is 9.03. The van der Waals surface area contributed by atoms with Gasteiger partial charge in [0.25, 0.3) is 5.91 Å². The summed E-state index contributed by atoms with van der Waals surface area (Å²) in [6.45, 7) is 1.73. The maximum atomic E-state index is 12.8. The monoisotopic (exact) mass is 420 g/mol. The molecule has 0 spiro atoms. The van der Waals surface area contributed by atoms with Crippen molar-refractivity contribution in [1.29, 1.82) is 0 Å². The van der Waals surface area contributed by atoms with E-state index in [0.717, 1.165) is 27.3 Å². The first kappa shape index (κ1) is 21.3. The van der Waals surface area contributed by atoms with Crippen molar-refractivity contribution >= 4 is 33.4 Å². The minimum atomic E-state index is -3.49. The Kier molecular flexibility index (Phi) is 6.37. The largest absolute Gasteiger partial charge is 0.320 e. The van der Waals surface area contributed by atoms with Crippen LogP contribution in [0.2, 0.25) is 0 Å². The highest BCUT2D eigenvalue weighted by atomic mass is 32.2. The molecule has 3 aromatic rings. The second kappa shape index (κ2) is 8.97. The maximum Gasteiger partial charge on any atom is 0.251 e. The van der Waals surface area contributed by atoms with E-state index < -0.39 is 10.0 Å². The molecule has 3 rings (SSSR count). The molecule has 0 bridgehead atoms. The fourth-order valence-corrected chi connectivity index (χ4v) is 3.50. The molecule has 0 heterocycles. The van der Waals surface area contributed by atoms with Gasteiger partial charge >= 0.3 is 0 Å². The molecule has 0 fully saturated rings. The standard InChI is InChI=1S/C24H24N2O3S/c1-18(16-19-10-6-4-7-11-19)24(27)25-22-17-21(20-12-8-5-9-13-20)14-15-23(22)26(2)30(3,28)29/h4-17H,1-3H3,(H,25,27)/b18-16+. The van der Waals surface area contributed by atoms with Gasteiger partial charge in [-0.2, -0.15) is 0 Å². The fourth-order valence-electron chi connectivity index (χ4n) is 2.99. The quantitative estimate of drug-likeness (QED) is 0.583. The molecule has 0 aromatic heterocycles. The van der Waals surface area contributed by atoms with Crippen molar-refractivity contribution in [3.05, 3.63) is 90.0 Å². The van der Waals surface area contributed by atoms with Crippen LogP contribution < -0.4 is 9.62 Å². The van der Waals surface area contributed by atoms with Crippen molar-refractivity contribution in [2.75, 3.05) is 22.9 Å². The van der Waals surface area contributed by atoms with Crippen LogP contribution in [0, 0.1) is 0 Å². The number of carbonyl (C=O) groups excluding carboxylic acids is 1. The van der Waals surface area contributed by atoms with Crippen molar-refractivity contribution in [3.8, 4) is 11.1 Å². The zero-order chi connectivity index (χ0) is 21.7. The van der Waals surface area contributed by atoms with Crippen LogP contribution in [0.15, 0.2) is 84.4 Å². The molecule has 0 saturated carbocycles. The van der Waals surface area contributed by atoms with Gasteiger partial charge in [0.05, 0.1) is 17.6 Å². The van der Waals surface area contributed by atoms with Gasteiger partial charge in [-0.3, -0.25) is 9.10 Å². The highest BCUT2D eigenvalue weighted by Crippen LogP contribution is 2.32. The van der Waals surface area contributed by atoms with E-state index in [4.69, 9.17) is 0 Å². The summed E-state index contributed by atoms with van der Waals surface area (Å²) in [5.41, 5.74) is 4.10. The van der Waals surface area contributed by atoms with Crippen LogP contribution in [0.25, 0.3) is 17.2 Å². The number of rotatable bonds is 6. The topological polar surface area (TPSA) is 66.5 Å². The van der Waals surface area contributed by atoms with Gasteiger partial charge in [-0.05, 0) is 41.8 Å². The van der Waals surface area contributed by atoms with Gasteiger partial charge in [0.2, 0.25) is 10.0 Å². The first-order chi connectivity index (χ1) is 14.3. The summed E-state index contributed by atoms with van der Waals surface area (Å²) in [5, 5.41) is 2.88. The van der Waals surface area contributed by atoms with Gasteiger partial charge in [0.15, 0.2) is 0 Å². The predicted molar refractivity (Wildman–Crippen MR) is 124 cm³/mol. The summed E-state index contributed by atoms with van der Waals surface area (Å²) in [6, 6.07) is 24.6. The molecule has 6 heteroatoms. The Morgan fingerprint density at radius 1 is 0.900 bits per heavy atom. The lowest BCUT2D eigenvalue weighted by Gasteiger charge is -2.21. The summed E-state index contributed by atoms with van der Waals surface area (Å²) in [6.07, 6.45) is 2.92. The van der Waals surface area contributed by atoms with Crippen LogP contribution in [0.5, 0.6) is 0 Å². The first-order valence-corrected chi connectivity index (χ1v) is 11.3. The van der Waals surface area contributed by atoms with Crippen molar-refractivity contribution in [1.82, 2.24) is 0 Å². The molecule has 0 aliphatic rings. The summed E-state index contributed by atoms with van der Waals surface area (Å²) in [5.74, 6) is -0.299. The van der Waals surface area contributed by atoms with Crippen molar-refractivity contribution in [2.45, 2.75) is 6.92 Å². The smallest absolute Gasteiger partial charge is 0.251 e. The van der Waals surface area contributed by atoms with E-state index in [1.807, 2.05) is 66.7 Å². The van der Waals surface area contributed by atoms with Crippen LogP contribution in [0.4, 0.5) is 11.4 Å². The zero-order valence-electron chi connectivity index (χ0n) is 17.2. The minimum absolute atomic E-state index is 0.299. The van der Waals surface area contributed by atoms with E-state index in [2.05, 4.69) is 5.32 Å². The normalized spacial score (nSPS) is 11.8. The van der Waals surface area contributed by atoms with E-state index in [1.165, 1.54) is 7.05 Å². The Hall–Kier alpha value is -3.38. The molecule has 0 aliphatic carbocycles. The highest BCUT2D eigenvalue weighted by molar-refractivity contribution is 7.92. The molecule has 0 aliphatic heterocycles. The van der Waals surface area contributed by atoms with E-state index in [0.29, 0.717) is 16.9 Å². The molecule has 0 radical (unpaired) electrons. The lowest BCUT2D eigenvalue weighted by atomic mass is 10.0. The molecular weight excluding hydrogens is 396 g/mol. The number of anilines is 2. The average Bonchev–Trinajstić information content (AvgIpc) is 2.74. The van der Waals surface area contributed by atoms with Gasteiger partial charge in [-0.15, -0.1) is 0 Å². The molecule has 5 nitrogen and oxygen atoms in total. The van der Waals surface area contributed by atoms with E-state index in [1.54, 1.807) is 25.1 Å². The third kappa shape index (κ3) is 5.15. The molecule has 1 N–H and O–H groups in total. The van der Waals surface area contributed by atoms with Crippen LogP contribution in [0.3, 0.4) is 0 Å². The number of sulfonamides is 1. The predicted octanol–water partition coefficient (Wildman–Crippen LogP) is 4.79. The fraction of sp³-hybridized carbons (Fsp3) is 0.125. The lowest BCUT2D eigenvalue weighted by molar-refractivity contribution is -0.112. The maximum absolute atomic E-state index is 12.8. The van der Waals surface area contributed by atoms with Gasteiger partial charge in [0, 0.05) is 12.6 Å². The highest BCUT2D eigenvalue weighted by Gasteiger charge is 2.18. The molecule has 0 atom stereocenters. The van der Waals surface area contributed by atoms with E-state index >= 15 is 0 Å². The molecule has 3 aromatic carbocycles. The second-order valence-electron chi connectivity index (χ2n) is 7.02. The number of nitrogens with one attached hydrogen (secondary N) is 1. The third-order valence-electron chi connectivity index (χ3n) is 4.73. The number of amides is 1. The van der Waals surface area contributed by atoms with Gasteiger partial charge in [0.1, 0.15) is 0 Å². The third-order valence-corrected chi connectivity index (χ3v) is 5.92. The van der Waals surface area contributed by atoms with Gasteiger partial charge < -0.3 is 5.32 Å². The van der Waals surface area contributed by atoms with Crippen LogP contribution in [0.1, 0.15) is 12.5 Å². The molecule has 30 heavy (non-hydrogen) atoms. The van der Waals surface area contributed by atoms with Crippen LogP contribution in [-0.4, -0.2) is 27.6 Å². The summed E-state index contributed by atoms with van der Waals surface area (Å²) < 4.78 is 25.4. The van der Waals surface area contributed by atoms with Gasteiger partial charge in [-0.25, -0.2) is 8.42 Å². The lowest BCUT2D eigenvalue weighted by Crippen LogP contribution is -2.26. The summed E-state index contributed by atoms with van der Waals surface area (Å²) in [4.78, 5) is 12.8. The Bertz CT molecular complexity index is 1170. The van der Waals surface area contributed by atoms with Crippen molar-refractivity contribution in [3.63, 3.8) is 0 Å². The number of carbonyl (C=O) groups is 1. The van der Waals surface area contributed by atoms with Crippen molar-refractivity contribution in [2.24, 2.45) is 0 Å². The molecule has 0 saturated heterocycles. The minimum Gasteiger partial charge on any atom is -0.320 e. The van der Waals surface area contributed by atoms with E-state index in [-0.39, 0.29) is 5.91 Å². The number of benzene rings is 3. The number of hydrogen-bond donors (Lipinski definition) is 1. The SMILES string of the molecule is C/C(=C\c1ccccc1)C(=O)Nc1cc(-c2ccccc2)ccc1N(C)S(C)(=O)=O. The Balaban J connectivity index is 1.99. The van der Waals surface area contributed by atoms with Crippen molar-refractivity contribution < 1.29 is 13.2 Å². The first-order valence-electron chi connectivity index (χ1n) is 9.44. The Labute approximate surface area is 177 Å². The average molecular weight is 421 g/mol. The summed E-state index contributed by atoms with van der Waals surface area (Å²) in [7, 11) is -2.03. The Morgan fingerprint density at radius 2 is 1.50 bits per heavy atom. The molecular formula is C24H24N2O3S. The Morgan fingerprint density at radius 3 is 2.10 bits per heavy atom. The zero-order valence-corrected chi connectivity index (χ0v) is 18.0. The van der Waals surface area contributed by atoms with E-state index in [9.17, 15) is 13.2 Å². The number of nitrogens with zero attached hydrogens (tertiary/aromatic N) is 1. The molecule has 0 unspecified atom stereocenters. The molecule has 1 amide bonds. The molecule has 154 valence electrons. The number of hydrogen-bond acceptors (Lipinski definition) is 3. The summed E-state index contributed by atoms with van der Waals surface area (Å²) >= 11 is 0.